The highest BCUT2D eigenvalue weighted by Gasteiger charge is 2.31. The van der Waals surface area contributed by atoms with Crippen LogP contribution in [-0.2, 0) is 0 Å². The molecule has 26 heavy (non-hydrogen) atoms. The zero-order valence-corrected chi connectivity index (χ0v) is 14.9. The smallest absolute Gasteiger partial charge is 0.254 e. The van der Waals surface area contributed by atoms with E-state index in [0.29, 0.717) is 18.8 Å². The van der Waals surface area contributed by atoms with E-state index in [2.05, 4.69) is 6.07 Å². The van der Waals surface area contributed by atoms with Crippen LogP contribution in [0.4, 0.5) is 0 Å². The lowest BCUT2D eigenvalue weighted by atomic mass is 10.0. The molecule has 2 aromatic carbocycles. The molecule has 2 aromatic rings. The molecule has 2 heterocycles. The lowest BCUT2D eigenvalue weighted by Gasteiger charge is -2.26. The van der Waals surface area contributed by atoms with Crippen LogP contribution in [0.2, 0.25) is 0 Å². The van der Waals surface area contributed by atoms with Crippen molar-refractivity contribution in [2.45, 2.75) is 25.3 Å². The van der Waals surface area contributed by atoms with Crippen molar-refractivity contribution in [3.05, 3.63) is 53.6 Å². The van der Waals surface area contributed by atoms with Crippen LogP contribution in [0.5, 0.6) is 17.2 Å². The number of ether oxygens (including phenoxy) is 3. The van der Waals surface area contributed by atoms with E-state index in [1.165, 1.54) is 0 Å². The van der Waals surface area contributed by atoms with Crippen molar-refractivity contribution in [2.24, 2.45) is 0 Å². The summed E-state index contributed by atoms with van der Waals surface area (Å²) in [6, 6.07) is 13.4. The molecule has 2 aliphatic heterocycles. The minimum Gasteiger partial charge on any atom is -0.497 e. The number of nitrogens with zero attached hydrogens (tertiary/aromatic N) is 1. The average molecular weight is 353 g/mol. The van der Waals surface area contributed by atoms with Gasteiger partial charge in [0.2, 0.25) is 0 Å². The van der Waals surface area contributed by atoms with E-state index in [4.69, 9.17) is 14.2 Å². The summed E-state index contributed by atoms with van der Waals surface area (Å²) in [5.41, 5.74) is 1.79. The second kappa shape index (κ2) is 7.28. The van der Waals surface area contributed by atoms with Gasteiger partial charge in [-0.15, -0.1) is 0 Å². The van der Waals surface area contributed by atoms with Crippen LogP contribution < -0.4 is 14.2 Å². The minimum absolute atomic E-state index is 0.0577. The summed E-state index contributed by atoms with van der Waals surface area (Å²) >= 11 is 0. The van der Waals surface area contributed by atoms with Gasteiger partial charge in [0.1, 0.15) is 5.75 Å². The van der Waals surface area contributed by atoms with Crippen LogP contribution >= 0.6 is 0 Å². The first-order chi connectivity index (χ1) is 12.8. The van der Waals surface area contributed by atoms with E-state index >= 15 is 0 Å². The van der Waals surface area contributed by atoms with E-state index in [9.17, 15) is 4.79 Å². The second-order valence-electron chi connectivity index (χ2n) is 6.64. The third kappa shape index (κ3) is 3.21. The number of likely N-dealkylation sites (tertiary alicyclic amines) is 1. The highest BCUT2D eigenvalue weighted by atomic mass is 16.5. The maximum absolute atomic E-state index is 13.0. The monoisotopic (exact) mass is 353 g/mol. The Bertz CT molecular complexity index is 787. The Kier molecular flexibility index (Phi) is 4.69. The fourth-order valence-electron chi connectivity index (χ4n) is 3.64. The van der Waals surface area contributed by atoms with Crippen molar-refractivity contribution in [1.29, 1.82) is 0 Å². The SMILES string of the molecule is COc1ccc(C(=O)N2CCCC2c2ccc3c(c2)OCCCO3)cc1. The zero-order chi connectivity index (χ0) is 17.9. The van der Waals surface area contributed by atoms with Crippen LogP contribution in [0.15, 0.2) is 42.5 Å². The normalized spacial score (nSPS) is 19.1. The number of hydrogen-bond donors (Lipinski definition) is 0. The Morgan fingerprint density at radius 3 is 2.58 bits per heavy atom. The van der Waals surface area contributed by atoms with Crippen LogP contribution in [0, 0.1) is 0 Å². The first-order valence-corrected chi connectivity index (χ1v) is 9.11. The summed E-state index contributed by atoms with van der Waals surface area (Å²) in [7, 11) is 1.62. The number of carbonyl (C=O) groups excluding carboxylic acids is 1. The van der Waals surface area contributed by atoms with Crippen LogP contribution in [-0.4, -0.2) is 37.7 Å². The molecule has 0 radical (unpaired) electrons. The largest absolute Gasteiger partial charge is 0.497 e. The molecule has 2 aliphatic rings. The van der Waals surface area contributed by atoms with Gasteiger partial charge in [-0.05, 0) is 54.8 Å². The van der Waals surface area contributed by atoms with Gasteiger partial charge in [0.15, 0.2) is 11.5 Å². The van der Waals surface area contributed by atoms with Crippen molar-refractivity contribution < 1.29 is 19.0 Å². The Hall–Kier alpha value is -2.69. The molecule has 5 nitrogen and oxygen atoms in total. The van der Waals surface area contributed by atoms with E-state index in [1.54, 1.807) is 7.11 Å². The summed E-state index contributed by atoms with van der Waals surface area (Å²) in [5, 5.41) is 0. The number of benzene rings is 2. The van der Waals surface area contributed by atoms with Gasteiger partial charge in [0.05, 0.1) is 26.4 Å². The zero-order valence-electron chi connectivity index (χ0n) is 14.9. The average Bonchev–Trinajstić information content (AvgIpc) is 3.06. The molecular weight excluding hydrogens is 330 g/mol. The Balaban J connectivity index is 1.58. The number of methoxy groups -OCH3 is 1. The predicted octanol–water partition coefficient (Wildman–Crippen LogP) is 3.83. The summed E-state index contributed by atoms with van der Waals surface area (Å²) in [6.45, 7) is 2.11. The quantitative estimate of drug-likeness (QED) is 0.841. The third-order valence-corrected chi connectivity index (χ3v) is 5.01. The maximum atomic E-state index is 13.0. The molecule has 1 fully saturated rings. The van der Waals surface area contributed by atoms with Gasteiger partial charge in [-0.25, -0.2) is 0 Å². The molecule has 4 rings (SSSR count). The van der Waals surface area contributed by atoms with E-state index in [-0.39, 0.29) is 11.9 Å². The van der Waals surface area contributed by atoms with Gasteiger partial charge in [-0.1, -0.05) is 6.07 Å². The molecular formula is C21H23NO4. The molecule has 0 aliphatic carbocycles. The topological polar surface area (TPSA) is 48.0 Å². The standard InChI is InChI=1S/C21H23NO4/c1-24-17-8-5-15(6-9-17)21(23)22-11-2-4-18(22)16-7-10-19-20(14-16)26-13-3-12-25-19/h5-10,14,18H,2-4,11-13H2,1H3. The fourth-order valence-corrected chi connectivity index (χ4v) is 3.64. The molecule has 1 atom stereocenters. The van der Waals surface area contributed by atoms with Crippen molar-refractivity contribution in [1.82, 2.24) is 4.90 Å². The van der Waals surface area contributed by atoms with Crippen molar-refractivity contribution >= 4 is 5.91 Å². The van der Waals surface area contributed by atoms with Gasteiger partial charge in [0.25, 0.3) is 5.91 Å². The lowest BCUT2D eigenvalue weighted by Crippen LogP contribution is -2.30. The number of carbonyl (C=O) groups is 1. The molecule has 1 saturated heterocycles. The van der Waals surface area contributed by atoms with Gasteiger partial charge in [0, 0.05) is 18.5 Å². The van der Waals surface area contributed by atoms with E-state index in [0.717, 1.165) is 48.6 Å². The number of rotatable bonds is 3. The number of amides is 1. The summed E-state index contributed by atoms with van der Waals surface area (Å²) < 4.78 is 16.7. The molecule has 0 bridgehead atoms. The highest BCUT2D eigenvalue weighted by Crippen LogP contribution is 2.38. The third-order valence-electron chi connectivity index (χ3n) is 5.01. The van der Waals surface area contributed by atoms with Crippen molar-refractivity contribution in [3.8, 4) is 17.2 Å². The van der Waals surface area contributed by atoms with E-state index in [1.807, 2.05) is 41.3 Å². The molecule has 5 heteroatoms. The second-order valence-corrected chi connectivity index (χ2v) is 6.64. The molecule has 0 aromatic heterocycles. The Morgan fingerprint density at radius 1 is 1.04 bits per heavy atom. The maximum Gasteiger partial charge on any atom is 0.254 e. The Labute approximate surface area is 153 Å². The van der Waals surface area contributed by atoms with E-state index < -0.39 is 0 Å². The molecule has 1 unspecified atom stereocenters. The van der Waals surface area contributed by atoms with Gasteiger partial charge < -0.3 is 19.1 Å². The molecule has 0 saturated carbocycles. The van der Waals surface area contributed by atoms with Crippen LogP contribution in [0.25, 0.3) is 0 Å². The number of hydrogen-bond acceptors (Lipinski definition) is 4. The van der Waals surface area contributed by atoms with Crippen LogP contribution in [0.1, 0.15) is 41.2 Å². The van der Waals surface area contributed by atoms with Gasteiger partial charge in [-0.2, -0.15) is 0 Å². The molecule has 1 amide bonds. The molecule has 0 spiro atoms. The molecule has 0 N–H and O–H groups in total. The molecule has 136 valence electrons. The fraction of sp³-hybridized carbons (Fsp3) is 0.381. The highest BCUT2D eigenvalue weighted by molar-refractivity contribution is 5.94. The first-order valence-electron chi connectivity index (χ1n) is 9.11. The van der Waals surface area contributed by atoms with Gasteiger partial charge in [-0.3, -0.25) is 4.79 Å². The van der Waals surface area contributed by atoms with Gasteiger partial charge >= 0.3 is 0 Å². The Morgan fingerprint density at radius 2 is 1.81 bits per heavy atom. The summed E-state index contributed by atoms with van der Waals surface area (Å²) in [4.78, 5) is 15.0. The minimum atomic E-state index is 0.0577. The predicted molar refractivity (Wildman–Crippen MR) is 98.1 cm³/mol. The van der Waals surface area contributed by atoms with Crippen molar-refractivity contribution in [3.63, 3.8) is 0 Å². The number of fused-ring (bicyclic) bond motifs is 1. The lowest BCUT2D eigenvalue weighted by molar-refractivity contribution is 0.0735. The summed E-state index contributed by atoms with van der Waals surface area (Å²) in [5.74, 6) is 2.38. The summed E-state index contributed by atoms with van der Waals surface area (Å²) in [6.07, 6.45) is 2.85. The van der Waals surface area contributed by atoms with Crippen molar-refractivity contribution in [2.75, 3.05) is 26.9 Å². The van der Waals surface area contributed by atoms with Crippen LogP contribution in [0.3, 0.4) is 0 Å². The first kappa shape index (κ1) is 16.8.